The molecule has 0 radical (unpaired) electrons. The van der Waals surface area contributed by atoms with Gasteiger partial charge in [0.25, 0.3) is 0 Å². The molecular weight excluding hydrogens is 326 g/mol. The number of carbonyl (C=O) groups excluding carboxylic acids is 2. The van der Waals surface area contributed by atoms with Crippen molar-refractivity contribution in [2.24, 2.45) is 5.92 Å². The first-order valence-corrected chi connectivity index (χ1v) is 9.10. The zero-order chi connectivity index (χ0) is 18.5. The highest BCUT2D eigenvalue weighted by molar-refractivity contribution is 5.91. The van der Waals surface area contributed by atoms with Gasteiger partial charge in [-0.25, -0.2) is 4.79 Å². The first-order valence-electron chi connectivity index (χ1n) is 9.10. The number of likely N-dealkylation sites (tertiary alicyclic amines) is 1. The van der Waals surface area contributed by atoms with Crippen LogP contribution in [0.4, 0.5) is 0 Å². The number of hydrogen-bond donors (Lipinski definition) is 0. The largest absolute Gasteiger partial charge is 0.467 e. The van der Waals surface area contributed by atoms with Crippen molar-refractivity contribution in [3.05, 3.63) is 71.8 Å². The van der Waals surface area contributed by atoms with E-state index in [-0.39, 0.29) is 11.9 Å². The Morgan fingerprint density at radius 2 is 1.54 bits per heavy atom. The minimum absolute atomic E-state index is 0.0373. The average molecular weight is 351 g/mol. The molecule has 1 aliphatic heterocycles. The SMILES string of the molecule is COC(=O)C1CC(C)CCN1C(=O)C(c1ccccc1)c1ccccc1. The number of ether oxygens (including phenoxy) is 1. The van der Waals surface area contributed by atoms with Crippen molar-refractivity contribution >= 4 is 11.9 Å². The molecule has 136 valence electrons. The van der Waals surface area contributed by atoms with E-state index in [1.165, 1.54) is 7.11 Å². The van der Waals surface area contributed by atoms with Gasteiger partial charge in [-0.15, -0.1) is 0 Å². The van der Waals surface area contributed by atoms with Gasteiger partial charge in [-0.3, -0.25) is 4.79 Å². The van der Waals surface area contributed by atoms with Crippen LogP contribution in [0.1, 0.15) is 36.8 Å². The van der Waals surface area contributed by atoms with Crippen molar-refractivity contribution in [3.8, 4) is 0 Å². The lowest BCUT2D eigenvalue weighted by atomic mass is 9.86. The van der Waals surface area contributed by atoms with E-state index >= 15 is 0 Å². The molecule has 0 spiro atoms. The highest BCUT2D eigenvalue weighted by Crippen LogP contribution is 2.31. The summed E-state index contributed by atoms with van der Waals surface area (Å²) < 4.78 is 4.98. The Morgan fingerprint density at radius 3 is 2.04 bits per heavy atom. The summed E-state index contributed by atoms with van der Waals surface area (Å²) in [4.78, 5) is 27.6. The maximum Gasteiger partial charge on any atom is 0.328 e. The molecule has 0 N–H and O–H groups in total. The summed E-state index contributed by atoms with van der Waals surface area (Å²) in [5.41, 5.74) is 1.87. The number of methoxy groups -OCH3 is 1. The third-order valence-corrected chi connectivity index (χ3v) is 5.13. The molecule has 1 fully saturated rings. The van der Waals surface area contributed by atoms with Gasteiger partial charge in [-0.05, 0) is 29.9 Å². The van der Waals surface area contributed by atoms with Gasteiger partial charge in [0, 0.05) is 6.54 Å². The lowest BCUT2D eigenvalue weighted by Crippen LogP contribution is -2.51. The molecule has 0 aromatic heterocycles. The Kier molecular flexibility index (Phi) is 5.71. The van der Waals surface area contributed by atoms with E-state index in [1.807, 2.05) is 60.7 Å². The predicted octanol–water partition coefficient (Wildman–Crippen LogP) is 3.62. The number of piperidine rings is 1. The van der Waals surface area contributed by atoms with Crippen LogP contribution >= 0.6 is 0 Å². The monoisotopic (exact) mass is 351 g/mol. The molecule has 2 unspecified atom stereocenters. The smallest absolute Gasteiger partial charge is 0.328 e. The van der Waals surface area contributed by atoms with E-state index in [1.54, 1.807) is 4.90 Å². The number of hydrogen-bond acceptors (Lipinski definition) is 3. The van der Waals surface area contributed by atoms with Gasteiger partial charge in [0.05, 0.1) is 13.0 Å². The molecule has 0 aliphatic carbocycles. The average Bonchev–Trinajstić information content (AvgIpc) is 2.69. The summed E-state index contributed by atoms with van der Waals surface area (Å²) in [6, 6.07) is 19.0. The Bertz CT molecular complexity index is 705. The molecule has 1 heterocycles. The van der Waals surface area contributed by atoms with Gasteiger partial charge in [-0.2, -0.15) is 0 Å². The molecule has 2 aromatic carbocycles. The van der Waals surface area contributed by atoms with E-state index in [4.69, 9.17) is 4.74 Å². The minimum Gasteiger partial charge on any atom is -0.467 e. The molecular formula is C22H25NO3. The van der Waals surface area contributed by atoms with E-state index in [2.05, 4.69) is 6.92 Å². The van der Waals surface area contributed by atoms with Crippen molar-refractivity contribution in [3.63, 3.8) is 0 Å². The Labute approximate surface area is 154 Å². The Morgan fingerprint density at radius 1 is 1.00 bits per heavy atom. The number of amides is 1. The van der Waals surface area contributed by atoms with Gasteiger partial charge in [0.15, 0.2) is 0 Å². The van der Waals surface area contributed by atoms with Crippen molar-refractivity contribution < 1.29 is 14.3 Å². The Hall–Kier alpha value is -2.62. The van der Waals surface area contributed by atoms with Gasteiger partial charge >= 0.3 is 5.97 Å². The lowest BCUT2D eigenvalue weighted by molar-refractivity contribution is -0.155. The summed E-state index contributed by atoms with van der Waals surface area (Å²) in [6.45, 7) is 2.69. The quantitative estimate of drug-likeness (QED) is 0.791. The molecule has 0 saturated carbocycles. The molecule has 4 heteroatoms. The summed E-state index contributed by atoms with van der Waals surface area (Å²) in [5.74, 6) is -0.387. The van der Waals surface area contributed by atoms with Crippen LogP contribution in [-0.2, 0) is 14.3 Å². The van der Waals surface area contributed by atoms with Crippen LogP contribution in [0, 0.1) is 5.92 Å². The van der Waals surface area contributed by atoms with Gasteiger partial charge in [0.2, 0.25) is 5.91 Å². The minimum atomic E-state index is -0.508. The first-order chi connectivity index (χ1) is 12.6. The van der Waals surface area contributed by atoms with Crippen molar-refractivity contribution in [2.45, 2.75) is 31.7 Å². The van der Waals surface area contributed by atoms with Crippen LogP contribution in [-0.4, -0.2) is 36.5 Å². The van der Waals surface area contributed by atoms with Crippen LogP contribution in [0.15, 0.2) is 60.7 Å². The molecule has 0 bridgehead atoms. The fraction of sp³-hybridized carbons (Fsp3) is 0.364. The molecule has 1 aliphatic rings. The van der Waals surface area contributed by atoms with Crippen LogP contribution in [0.25, 0.3) is 0 Å². The van der Waals surface area contributed by atoms with Gasteiger partial charge in [-0.1, -0.05) is 67.6 Å². The van der Waals surface area contributed by atoms with Crippen LogP contribution in [0.5, 0.6) is 0 Å². The second kappa shape index (κ2) is 8.17. The number of esters is 1. The fourth-order valence-corrected chi connectivity index (χ4v) is 3.70. The summed E-state index contributed by atoms with van der Waals surface area (Å²) in [5, 5.41) is 0. The van der Waals surface area contributed by atoms with E-state index in [9.17, 15) is 9.59 Å². The van der Waals surface area contributed by atoms with Crippen molar-refractivity contribution in [1.29, 1.82) is 0 Å². The highest BCUT2D eigenvalue weighted by Gasteiger charge is 2.38. The summed E-state index contributed by atoms with van der Waals surface area (Å²) >= 11 is 0. The number of rotatable bonds is 4. The molecule has 2 atom stereocenters. The standard InChI is InChI=1S/C22H25NO3/c1-16-13-14-23(19(15-16)22(25)26-2)21(24)20(17-9-5-3-6-10-17)18-11-7-4-8-12-18/h3-12,16,19-20H,13-15H2,1-2H3. The summed E-state index contributed by atoms with van der Waals surface area (Å²) in [7, 11) is 1.39. The molecule has 1 saturated heterocycles. The second-order valence-corrected chi connectivity index (χ2v) is 6.95. The predicted molar refractivity (Wildman–Crippen MR) is 101 cm³/mol. The molecule has 2 aromatic rings. The molecule has 26 heavy (non-hydrogen) atoms. The van der Waals surface area contributed by atoms with Crippen LogP contribution in [0.3, 0.4) is 0 Å². The number of nitrogens with zero attached hydrogens (tertiary/aromatic N) is 1. The second-order valence-electron chi connectivity index (χ2n) is 6.95. The van der Waals surface area contributed by atoms with Crippen molar-refractivity contribution in [2.75, 3.05) is 13.7 Å². The third-order valence-electron chi connectivity index (χ3n) is 5.13. The van der Waals surface area contributed by atoms with E-state index in [0.29, 0.717) is 18.9 Å². The summed E-state index contributed by atoms with van der Waals surface area (Å²) in [6.07, 6.45) is 1.55. The molecule has 3 rings (SSSR count). The fourth-order valence-electron chi connectivity index (χ4n) is 3.70. The zero-order valence-electron chi connectivity index (χ0n) is 15.3. The van der Waals surface area contributed by atoms with Crippen molar-refractivity contribution in [1.82, 2.24) is 4.90 Å². The zero-order valence-corrected chi connectivity index (χ0v) is 15.3. The number of carbonyl (C=O) groups is 2. The van der Waals surface area contributed by atoms with E-state index in [0.717, 1.165) is 17.5 Å². The maximum absolute atomic E-state index is 13.6. The first kappa shape index (κ1) is 18.2. The van der Waals surface area contributed by atoms with E-state index < -0.39 is 12.0 Å². The third kappa shape index (κ3) is 3.79. The lowest BCUT2D eigenvalue weighted by Gasteiger charge is -2.38. The topological polar surface area (TPSA) is 46.6 Å². The normalized spacial score (nSPS) is 20.0. The van der Waals surface area contributed by atoms with Crippen LogP contribution < -0.4 is 0 Å². The van der Waals surface area contributed by atoms with Gasteiger partial charge < -0.3 is 9.64 Å². The van der Waals surface area contributed by atoms with Gasteiger partial charge in [0.1, 0.15) is 6.04 Å². The van der Waals surface area contributed by atoms with Crippen LogP contribution in [0.2, 0.25) is 0 Å². The number of benzene rings is 2. The maximum atomic E-state index is 13.6. The molecule has 1 amide bonds. The highest BCUT2D eigenvalue weighted by atomic mass is 16.5. The Balaban J connectivity index is 1.98. The molecule has 4 nitrogen and oxygen atoms in total.